The highest BCUT2D eigenvalue weighted by atomic mass is 16.5. The zero-order valence-corrected chi connectivity index (χ0v) is 18.6. The summed E-state index contributed by atoms with van der Waals surface area (Å²) in [6, 6.07) is 3.23. The van der Waals surface area contributed by atoms with Crippen molar-refractivity contribution in [3.63, 3.8) is 0 Å². The summed E-state index contributed by atoms with van der Waals surface area (Å²) >= 11 is 0. The average Bonchev–Trinajstić information content (AvgIpc) is 3.22. The van der Waals surface area contributed by atoms with Crippen molar-refractivity contribution in [2.24, 2.45) is 7.05 Å². The second kappa shape index (κ2) is 9.88. The molecule has 3 aromatic heterocycles. The van der Waals surface area contributed by atoms with Crippen molar-refractivity contribution in [1.82, 2.24) is 34.4 Å². The number of ether oxygens (including phenoxy) is 2. The highest BCUT2D eigenvalue weighted by Crippen LogP contribution is 2.17. The fraction of sp³-hybridized carbons (Fsp3) is 0.476. The second-order valence-corrected chi connectivity index (χ2v) is 7.95. The fourth-order valence-corrected chi connectivity index (χ4v) is 3.38. The summed E-state index contributed by atoms with van der Waals surface area (Å²) in [5.74, 6) is 1.26. The Labute approximate surface area is 186 Å². The van der Waals surface area contributed by atoms with Gasteiger partial charge in [0.25, 0.3) is 5.56 Å². The van der Waals surface area contributed by atoms with Crippen molar-refractivity contribution in [2.45, 2.75) is 12.6 Å². The molecule has 0 aliphatic carbocycles. The van der Waals surface area contributed by atoms with Crippen LogP contribution in [0, 0.1) is 0 Å². The molecule has 0 amide bonds. The average molecular weight is 441 g/mol. The number of aryl methyl sites for hydroxylation is 1. The molecular weight excluding hydrogens is 412 g/mol. The number of hydrogen-bond donors (Lipinski definition) is 0. The minimum atomic E-state index is -0.210. The van der Waals surface area contributed by atoms with Crippen LogP contribution in [0.25, 0.3) is 11.3 Å². The molecule has 4 rings (SSSR count). The monoisotopic (exact) mass is 440 g/mol. The molecule has 1 atom stereocenters. The summed E-state index contributed by atoms with van der Waals surface area (Å²) in [7, 11) is 5.83. The molecule has 1 aliphatic heterocycles. The summed E-state index contributed by atoms with van der Waals surface area (Å²) in [6.07, 6.45) is 6.75. The molecule has 0 saturated carbocycles. The molecule has 0 N–H and O–H groups in total. The van der Waals surface area contributed by atoms with Crippen molar-refractivity contribution in [2.75, 3.05) is 51.8 Å². The highest BCUT2D eigenvalue weighted by Gasteiger charge is 2.23. The van der Waals surface area contributed by atoms with Crippen LogP contribution >= 0.6 is 0 Å². The number of anilines is 1. The van der Waals surface area contributed by atoms with E-state index in [9.17, 15) is 4.79 Å². The summed E-state index contributed by atoms with van der Waals surface area (Å²) in [5.41, 5.74) is 1.38. The van der Waals surface area contributed by atoms with E-state index in [1.54, 1.807) is 29.3 Å². The van der Waals surface area contributed by atoms with Crippen LogP contribution in [0.2, 0.25) is 0 Å². The first-order valence-electron chi connectivity index (χ1n) is 10.5. The highest BCUT2D eigenvalue weighted by molar-refractivity contribution is 5.55. The molecule has 0 bridgehead atoms. The first-order chi connectivity index (χ1) is 15.5. The SMILES string of the molecule is CN(C)CCOc1cnc(N2CCO[C@H](Cn3nc(-c4cnn(C)c4)ccc3=O)C2)nc1. The summed E-state index contributed by atoms with van der Waals surface area (Å²) < 4.78 is 14.7. The molecule has 1 fully saturated rings. The van der Waals surface area contributed by atoms with Crippen LogP contribution in [0.5, 0.6) is 5.75 Å². The number of aromatic nitrogens is 6. The molecule has 170 valence electrons. The second-order valence-electron chi connectivity index (χ2n) is 7.95. The van der Waals surface area contributed by atoms with Gasteiger partial charge in [0, 0.05) is 44.5 Å². The van der Waals surface area contributed by atoms with Crippen molar-refractivity contribution in [1.29, 1.82) is 0 Å². The molecule has 32 heavy (non-hydrogen) atoms. The molecule has 3 aromatic rings. The van der Waals surface area contributed by atoms with Crippen molar-refractivity contribution >= 4 is 5.95 Å². The van der Waals surface area contributed by atoms with E-state index in [4.69, 9.17) is 9.47 Å². The van der Waals surface area contributed by atoms with Crippen LogP contribution in [0.15, 0.2) is 41.7 Å². The number of rotatable bonds is 8. The molecule has 0 radical (unpaired) electrons. The smallest absolute Gasteiger partial charge is 0.266 e. The molecule has 0 spiro atoms. The lowest BCUT2D eigenvalue weighted by molar-refractivity contribution is 0.0260. The lowest BCUT2D eigenvalue weighted by atomic mass is 10.2. The van der Waals surface area contributed by atoms with Crippen LogP contribution in [0.3, 0.4) is 0 Å². The Bertz CT molecular complexity index is 1080. The maximum atomic E-state index is 12.4. The van der Waals surface area contributed by atoms with E-state index < -0.39 is 0 Å². The lowest BCUT2D eigenvalue weighted by Crippen LogP contribution is -2.46. The largest absolute Gasteiger partial charge is 0.489 e. The van der Waals surface area contributed by atoms with Crippen LogP contribution in [0.1, 0.15) is 0 Å². The van der Waals surface area contributed by atoms with Gasteiger partial charge in [0.15, 0.2) is 5.75 Å². The van der Waals surface area contributed by atoms with Gasteiger partial charge in [-0.05, 0) is 20.2 Å². The Hall–Kier alpha value is -3.31. The zero-order chi connectivity index (χ0) is 22.5. The molecule has 1 saturated heterocycles. The Morgan fingerprint density at radius 2 is 2.03 bits per heavy atom. The van der Waals surface area contributed by atoms with Gasteiger partial charge < -0.3 is 19.3 Å². The van der Waals surface area contributed by atoms with E-state index >= 15 is 0 Å². The lowest BCUT2D eigenvalue weighted by Gasteiger charge is -2.32. The van der Waals surface area contributed by atoms with Gasteiger partial charge in [-0.3, -0.25) is 9.48 Å². The number of morpholine rings is 1. The van der Waals surface area contributed by atoms with Crippen molar-refractivity contribution in [3.05, 3.63) is 47.3 Å². The predicted octanol–water partition coefficient (Wildman–Crippen LogP) is 0.280. The first kappa shape index (κ1) is 21.9. The standard InChI is InChI=1S/C21H28N8O3/c1-26(2)6-8-31-17-11-22-21(23-12-17)28-7-9-32-18(14-28)15-29-20(30)5-4-19(25-29)16-10-24-27(3)13-16/h4-5,10-13,18H,6-9,14-15H2,1-3H3/t18-/m0/s1. The molecule has 0 aromatic carbocycles. The molecule has 4 heterocycles. The first-order valence-corrected chi connectivity index (χ1v) is 10.5. The summed E-state index contributed by atoms with van der Waals surface area (Å²) in [5, 5.41) is 8.67. The Morgan fingerprint density at radius 1 is 1.22 bits per heavy atom. The van der Waals surface area contributed by atoms with Crippen LogP contribution in [-0.2, 0) is 18.3 Å². The van der Waals surface area contributed by atoms with E-state index in [2.05, 4.69) is 25.1 Å². The number of nitrogens with zero attached hydrogens (tertiary/aromatic N) is 8. The molecule has 1 aliphatic rings. The Morgan fingerprint density at radius 3 is 2.75 bits per heavy atom. The minimum absolute atomic E-state index is 0.172. The van der Waals surface area contributed by atoms with E-state index in [0.29, 0.717) is 50.2 Å². The fourth-order valence-electron chi connectivity index (χ4n) is 3.38. The van der Waals surface area contributed by atoms with Crippen LogP contribution in [0.4, 0.5) is 5.95 Å². The third-order valence-corrected chi connectivity index (χ3v) is 5.09. The van der Waals surface area contributed by atoms with E-state index in [1.807, 2.05) is 32.2 Å². The zero-order valence-electron chi connectivity index (χ0n) is 18.6. The topological polar surface area (TPSA) is 103 Å². The summed E-state index contributed by atoms with van der Waals surface area (Å²) in [6.45, 7) is 3.50. The minimum Gasteiger partial charge on any atom is -0.489 e. The number of hydrogen-bond acceptors (Lipinski definition) is 9. The van der Waals surface area contributed by atoms with Gasteiger partial charge in [0.05, 0.1) is 43.5 Å². The Balaban J connectivity index is 1.40. The van der Waals surface area contributed by atoms with Gasteiger partial charge in [-0.2, -0.15) is 10.2 Å². The maximum absolute atomic E-state index is 12.4. The van der Waals surface area contributed by atoms with E-state index in [0.717, 1.165) is 12.1 Å². The van der Waals surface area contributed by atoms with Gasteiger partial charge in [-0.25, -0.2) is 14.6 Å². The Kier molecular flexibility index (Phi) is 6.76. The van der Waals surface area contributed by atoms with Gasteiger partial charge >= 0.3 is 0 Å². The quantitative estimate of drug-likeness (QED) is 0.488. The van der Waals surface area contributed by atoms with Crippen molar-refractivity contribution in [3.8, 4) is 17.0 Å². The van der Waals surface area contributed by atoms with Gasteiger partial charge in [0.1, 0.15) is 6.61 Å². The molecular formula is C21H28N8O3. The van der Waals surface area contributed by atoms with Crippen LogP contribution < -0.4 is 15.2 Å². The van der Waals surface area contributed by atoms with Crippen molar-refractivity contribution < 1.29 is 9.47 Å². The van der Waals surface area contributed by atoms with E-state index in [1.165, 1.54) is 10.7 Å². The third kappa shape index (κ3) is 5.48. The molecule has 11 nitrogen and oxygen atoms in total. The van der Waals surface area contributed by atoms with Crippen LogP contribution in [-0.4, -0.2) is 87.5 Å². The van der Waals surface area contributed by atoms with Gasteiger partial charge in [-0.15, -0.1) is 0 Å². The van der Waals surface area contributed by atoms with Gasteiger partial charge in [-0.1, -0.05) is 0 Å². The maximum Gasteiger partial charge on any atom is 0.266 e. The third-order valence-electron chi connectivity index (χ3n) is 5.09. The molecule has 11 heteroatoms. The number of likely N-dealkylation sites (N-methyl/N-ethyl adjacent to an activating group) is 1. The normalized spacial score (nSPS) is 16.5. The summed E-state index contributed by atoms with van der Waals surface area (Å²) in [4.78, 5) is 25.4. The molecule has 0 unspecified atom stereocenters. The van der Waals surface area contributed by atoms with E-state index in [-0.39, 0.29) is 11.7 Å². The predicted molar refractivity (Wildman–Crippen MR) is 119 cm³/mol. The van der Waals surface area contributed by atoms with Gasteiger partial charge in [0.2, 0.25) is 5.95 Å².